The number of benzene rings is 2. The van der Waals surface area contributed by atoms with E-state index < -0.39 is 0 Å². The van der Waals surface area contributed by atoms with E-state index in [4.69, 9.17) is 20.8 Å². The number of hydrogen-bond acceptors (Lipinski definition) is 3. The molecule has 0 bridgehead atoms. The Labute approximate surface area is 128 Å². The molecule has 4 heteroatoms. The minimum Gasteiger partial charge on any atom is -0.489 e. The number of hydrogen-bond donors (Lipinski definition) is 1. The quantitative estimate of drug-likeness (QED) is 0.759. The summed E-state index contributed by atoms with van der Waals surface area (Å²) in [6.45, 7) is 1.14. The highest BCUT2D eigenvalue weighted by Gasteiger charge is 2.13. The van der Waals surface area contributed by atoms with Crippen LogP contribution in [0.25, 0.3) is 11.0 Å². The summed E-state index contributed by atoms with van der Waals surface area (Å²) in [6.07, 6.45) is 0. The van der Waals surface area contributed by atoms with Gasteiger partial charge in [0.1, 0.15) is 23.7 Å². The van der Waals surface area contributed by atoms with Gasteiger partial charge in [-0.3, -0.25) is 0 Å². The first kappa shape index (κ1) is 14.0. The lowest BCUT2D eigenvalue weighted by Crippen LogP contribution is -2.07. The van der Waals surface area contributed by atoms with Crippen LogP contribution in [0.1, 0.15) is 11.3 Å². The van der Waals surface area contributed by atoms with E-state index in [0.717, 1.165) is 28.0 Å². The Morgan fingerprint density at radius 3 is 2.62 bits per heavy atom. The molecule has 0 radical (unpaired) electrons. The SMILES string of the molecule is CNCc1oc2ccccc2c1COc1ccc(Cl)cc1. The minimum atomic E-state index is 0.468. The van der Waals surface area contributed by atoms with Gasteiger partial charge < -0.3 is 14.5 Å². The molecule has 0 saturated heterocycles. The molecule has 1 N–H and O–H groups in total. The fourth-order valence-corrected chi connectivity index (χ4v) is 2.42. The molecule has 2 aromatic carbocycles. The molecule has 0 atom stereocenters. The normalized spacial score (nSPS) is 11.0. The standard InChI is InChI=1S/C17H16ClNO2/c1-19-10-17-15(14-4-2-3-5-16(14)21-17)11-20-13-8-6-12(18)7-9-13/h2-9,19H,10-11H2,1H3. The summed E-state index contributed by atoms with van der Waals surface area (Å²) in [5, 5.41) is 4.92. The molecular weight excluding hydrogens is 286 g/mol. The van der Waals surface area contributed by atoms with Crippen molar-refractivity contribution in [2.75, 3.05) is 7.05 Å². The van der Waals surface area contributed by atoms with E-state index in [1.807, 2.05) is 49.5 Å². The van der Waals surface area contributed by atoms with Crippen LogP contribution in [0.15, 0.2) is 52.9 Å². The third-order valence-electron chi connectivity index (χ3n) is 3.32. The molecule has 0 unspecified atom stereocenters. The van der Waals surface area contributed by atoms with Crippen LogP contribution in [-0.2, 0) is 13.2 Å². The molecular formula is C17H16ClNO2. The summed E-state index contributed by atoms with van der Waals surface area (Å²) in [7, 11) is 1.90. The van der Waals surface area contributed by atoms with Crippen molar-refractivity contribution >= 4 is 22.6 Å². The van der Waals surface area contributed by atoms with Crippen LogP contribution in [-0.4, -0.2) is 7.05 Å². The summed E-state index contributed by atoms with van der Waals surface area (Å²) in [5.74, 6) is 1.70. The van der Waals surface area contributed by atoms with Gasteiger partial charge in [-0.2, -0.15) is 0 Å². The van der Waals surface area contributed by atoms with Gasteiger partial charge in [-0.15, -0.1) is 0 Å². The second-order valence-corrected chi connectivity index (χ2v) is 5.21. The third kappa shape index (κ3) is 3.04. The van der Waals surface area contributed by atoms with E-state index in [2.05, 4.69) is 11.4 Å². The van der Waals surface area contributed by atoms with Crippen molar-refractivity contribution in [2.45, 2.75) is 13.2 Å². The van der Waals surface area contributed by atoms with E-state index >= 15 is 0 Å². The number of halogens is 1. The van der Waals surface area contributed by atoms with Crippen molar-refractivity contribution in [3.05, 3.63) is 64.9 Å². The first-order chi connectivity index (χ1) is 10.3. The Kier molecular flexibility index (Phi) is 4.13. The Hall–Kier alpha value is -1.97. The van der Waals surface area contributed by atoms with Gasteiger partial charge in [0.05, 0.1) is 6.54 Å². The lowest BCUT2D eigenvalue weighted by molar-refractivity contribution is 0.303. The smallest absolute Gasteiger partial charge is 0.134 e. The molecule has 0 aliphatic carbocycles. The molecule has 0 saturated carbocycles. The topological polar surface area (TPSA) is 34.4 Å². The Morgan fingerprint density at radius 1 is 1.10 bits per heavy atom. The molecule has 0 aliphatic rings. The molecule has 0 spiro atoms. The summed E-state index contributed by atoms with van der Waals surface area (Å²) >= 11 is 5.88. The zero-order valence-electron chi connectivity index (χ0n) is 11.7. The van der Waals surface area contributed by atoms with Crippen LogP contribution in [0, 0.1) is 0 Å². The molecule has 1 aromatic heterocycles. The average molecular weight is 302 g/mol. The van der Waals surface area contributed by atoms with Crippen LogP contribution < -0.4 is 10.1 Å². The molecule has 0 aliphatic heterocycles. The van der Waals surface area contributed by atoms with E-state index in [9.17, 15) is 0 Å². The maximum atomic E-state index is 5.88. The van der Waals surface area contributed by atoms with Crippen molar-refractivity contribution < 1.29 is 9.15 Å². The molecule has 1 heterocycles. The lowest BCUT2D eigenvalue weighted by Gasteiger charge is -2.07. The van der Waals surface area contributed by atoms with E-state index in [0.29, 0.717) is 18.2 Å². The van der Waals surface area contributed by atoms with Gasteiger partial charge in [-0.05, 0) is 37.4 Å². The van der Waals surface area contributed by atoms with Crippen LogP contribution in [0.2, 0.25) is 5.02 Å². The summed E-state index contributed by atoms with van der Waals surface area (Å²) in [5.41, 5.74) is 1.97. The number of furan rings is 1. The van der Waals surface area contributed by atoms with Gasteiger partial charge in [-0.25, -0.2) is 0 Å². The second-order valence-electron chi connectivity index (χ2n) is 4.77. The number of para-hydroxylation sites is 1. The van der Waals surface area contributed by atoms with Gasteiger partial charge in [-0.1, -0.05) is 29.8 Å². The summed E-state index contributed by atoms with van der Waals surface area (Å²) in [6, 6.07) is 15.4. The maximum Gasteiger partial charge on any atom is 0.134 e. The predicted octanol–water partition coefficient (Wildman–Crippen LogP) is 4.38. The van der Waals surface area contributed by atoms with Gasteiger partial charge in [0, 0.05) is 16.0 Å². The molecule has 21 heavy (non-hydrogen) atoms. The summed E-state index contributed by atoms with van der Waals surface area (Å²) < 4.78 is 11.7. The highest BCUT2D eigenvalue weighted by molar-refractivity contribution is 6.30. The van der Waals surface area contributed by atoms with Crippen LogP contribution >= 0.6 is 11.6 Å². The second kappa shape index (κ2) is 6.20. The zero-order valence-corrected chi connectivity index (χ0v) is 12.5. The third-order valence-corrected chi connectivity index (χ3v) is 3.57. The van der Waals surface area contributed by atoms with Crippen molar-refractivity contribution in [1.82, 2.24) is 5.32 Å². The zero-order chi connectivity index (χ0) is 14.7. The molecule has 3 aromatic rings. The number of nitrogens with one attached hydrogen (secondary N) is 1. The van der Waals surface area contributed by atoms with Crippen molar-refractivity contribution in [3.8, 4) is 5.75 Å². The maximum absolute atomic E-state index is 5.88. The van der Waals surface area contributed by atoms with Crippen molar-refractivity contribution in [3.63, 3.8) is 0 Å². The predicted molar refractivity (Wildman–Crippen MR) is 84.8 cm³/mol. The van der Waals surface area contributed by atoms with E-state index in [-0.39, 0.29) is 0 Å². The monoisotopic (exact) mass is 301 g/mol. The van der Waals surface area contributed by atoms with E-state index in [1.165, 1.54) is 0 Å². The Bertz CT molecular complexity index is 734. The van der Waals surface area contributed by atoms with Crippen molar-refractivity contribution in [1.29, 1.82) is 0 Å². The summed E-state index contributed by atoms with van der Waals surface area (Å²) in [4.78, 5) is 0. The van der Waals surface area contributed by atoms with Gasteiger partial charge in [0.25, 0.3) is 0 Å². The Balaban J connectivity index is 1.87. The highest BCUT2D eigenvalue weighted by atomic mass is 35.5. The minimum absolute atomic E-state index is 0.468. The molecule has 0 amide bonds. The number of ether oxygens (including phenoxy) is 1. The van der Waals surface area contributed by atoms with Crippen LogP contribution in [0.3, 0.4) is 0 Å². The Morgan fingerprint density at radius 2 is 1.86 bits per heavy atom. The average Bonchev–Trinajstić information content (AvgIpc) is 2.85. The van der Waals surface area contributed by atoms with Crippen LogP contribution in [0.5, 0.6) is 5.75 Å². The number of fused-ring (bicyclic) bond motifs is 1. The van der Waals surface area contributed by atoms with Gasteiger partial charge in [0.15, 0.2) is 0 Å². The van der Waals surface area contributed by atoms with Gasteiger partial charge in [0.2, 0.25) is 0 Å². The first-order valence-corrected chi connectivity index (χ1v) is 7.18. The largest absolute Gasteiger partial charge is 0.489 e. The van der Waals surface area contributed by atoms with E-state index in [1.54, 1.807) is 0 Å². The molecule has 3 nitrogen and oxygen atoms in total. The van der Waals surface area contributed by atoms with Crippen molar-refractivity contribution in [2.24, 2.45) is 0 Å². The number of rotatable bonds is 5. The molecule has 108 valence electrons. The highest BCUT2D eigenvalue weighted by Crippen LogP contribution is 2.27. The first-order valence-electron chi connectivity index (χ1n) is 6.80. The molecule has 0 fully saturated rings. The van der Waals surface area contributed by atoms with Gasteiger partial charge >= 0.3 is 0 Å². The van der Waals surface area contributed by atoms with Crippen LogP contribution in [0.4, 0.5) is 0 Å². The lowest BCUT2D eigenvalue weighted by atomic mass is 10.1. The molecule has 3 rings (SSSR count). The fourth-order valence-electron chi connectivity index (χ4n) is 2.30. The fraction of sp³-hybridized carbons (Fsp3) is 0.176.